The molecule has 0 saturated carbocycles. The fourth-order valence-electron chi connectivity index (χ4n) is 4.07. The highest BCUT2D eigenvalue weighted by atomic mass is 15.2. The second-order valence-corrected chi connectivity index (χ2v) is 8.25. The molecule has 0 N–H and O–H groups in total. The van der Waals surface area contributed by atoms with Crippen LogP contribution in [0.5, 0.6) is 0 Å². The standard InChI is InChI=1S/C27H30N2/c1-21(17-18-28(2)3)29(27-14-8-12-24-10-6-7-13-26(24)27)20-22-15-16-23-9-4-5-11-25(23)19-22/h4-16,19,21H,17-18,20H2,1-3H3. The third kappa shape index (κ3) is 4.44. The summed E-state index contributed by atoms with van der Waals surface area (Å²) in [7, 11) is 4.30. The molecule has 29 heavy (non-hydrogen) atoms. The monoisotopic (exact) mass is 382 g/mol. The summed E-state index contributed by atoms with van der Waals surface area (Å²) >= 11 is 0. The first-order chi connectivity index (χ1) is 14.1. The van der Waals surface area contributed by atoms with Crippen molar-refractivity contribution in [2.24, 2.45) is 0 Å². The van der Waals surface area contributed by atoms with Gasteiger partial charge in [-0.05, 0) is 67.8 Å². The molecule has 0 amide bonds. The fraction of sp³-hybridized carbons (Fsp3) is 0.259. The fourth-order valence-corrected chi connectivity index (χ4v) is 4.07. The normalized spacial score (nSPS) is 12.6. The second kappa shape index (κ2) is 8.67. The summed E-state index contributed by atoms with van der Waals surface area (Å²) < 4.78 is 0. The maximum atomic E-state index is 2.58. The summed E-state index contributed by atoms with van der Waals surface area (Å²) in [5.41, 5.74) is 2.68. The van der Waals surface area contributed by atoms with Gasteiger partial charge in [-0.15, -0.1) is 0 Å². The summed E-state index contributed by atoms with van der Waals surface area (Å²) in [5.74, 6) is 0. The van der Waals surface area contributed by atoms with Gasteiger partial charge in [-0.1, -0.05) is 72.8 Å². The van der Waals surface area contributed by atoms with Crippen LogP contribution < -0.4 is 4.90 Å². The van der Waals surface area contributed by atoms with E-state index in [1.807, 2.05) is 0 Å². The minimum atomic E-state index is 0.440. The molecule has 0 radical (unpaired) electrons. The molecular formula is C27H30N2. The Bertz CT molecular complexity index is 1090. The number of benzene rings is 4. The Morgan fingerprint density at radius 2 is 1.41 bits per heavy atom. The predicted molar refractivity (Wildman–Crippen MR) is 127 cm³/mol. The first kappa shape index (κ1) is 19.5. The molecule has 0 bridgehead atoms. The van der Waals surface area contributed by atoms with Crippen molar-refractivity contribution < 1.29 is 0 Å². The van der Waals surface area contributed by atoms with Crippen molar-refractivity contribution in [3.8, 4) is 0 Å². The van der Waals surface area contributed by atoms with Crippen LogP contribution in [0.25, 0.3) is 21.5 Å². The summed E-state index contributed by atoms with van der Waals surface area (Å²) in [6, 6.07) is 31.3. The average Bonchev–Trinajstić information content (AvgIpc) is 2.75. The van der Waals surface area contributed by atoms with Crippen molar-refractivity contribution in [1.29, 1.82) is 0 Å². The number of fused-ring (bicyclic) bond motifs is 2. The molecule has 2 nitrogen and oxygen atoms in total. The highest BCUT2D eigenvalue weighted by Crippen LogP contribution is 2.30. The number of hydrogen-bond acceptors (Lipinski definition) is 2. The molecule has 148 valence electrons. The molecule has 0 aromatic heterocycles. The third-order valence-electron chi connectivity index (χ3n) is 5.77. The number of rotatable bonds is 7. The number of nitrogens with zero attached hydrogens (tertiary/aromatic N) is 2. The molecule has 0 saturated heterocycles. The Morgan fingerprint density at radius 1 is 0.724 bits per heavy atom. The van der Waals surface area contributed by atoms with E-state index in [4.69, 9.17) is 0 Å². The average molecular weight is 383 g/mol. The van der Waals surface area contributed by atoms with Crippen molar-refractivity contribution in [2.45, 2.75) is 25.9 Å². The van der Waals surface area contributed by atoms with Crippen LogP contribution in [0.3, 0.4) is 0 Å². The molecule has 0 spiro atoms. The van der Waals surface area contributed by atoms with E-state index in [9.17, 15) is 0 Å². The van der Waals surface area contributed by atoms with E-state index in [2.05, 4.69) is 116 Å². The Balaban J connectivity index is 1.72. The Hall–Kier alpha value is -2.84. The molecule has 0 aliphatic rings. The molecule has 0 heterocycles. The van der Waals surface area contributed by atoms with Gasteiger partial charge in [0.2, 0.25) is 0 Å². The van der Waals surface area contributed by atoms with Crippen molar-refractivity contribution >= 4 is 27.2 Å². The lowest BCUT2D eigenvalue weighted by Crippen LogP contribution is -2.35. The van der Waals surface area contributed by atoms with Crippen LogP contribution in [0.2, 0.25) is 0 Å². The van der Waals surface area contributed by atoms with Crippen LogP contribution in [0.1, 0.15) is 18.9 Å². The lowest BCUT2D eigenvalue weighted by Gasteiger charge is -2.33. The third-order valence-corrected chi connectivity index (χ3v) is 5.77. The smallest absolute Gasteiger partial charge is 0.0451 e. The van der Waals surface area contributed by atoms with Crippen molar-refractivity contribution in [1.82, 2.24) is 4.90 Å². The van der Waals surface area contributed by atoms with Gasteiger partial charge in [0, 0.05) is 23.7 Å². The van der Waals surface area contributed by atoms with Crippen LogP contribution >= 0.6 is 0 Å². The summed E-state index contributed by atoms with van der Waals surface area (Å²) in [6.45, 7) is 4.35. The molecule has 0 aliphatic heterocycles. The van der Waals surface area contributed by atoms with Crippen LogP contribution in [-0.4, -0.2) is 31.6 Å². The van der Waals surface area contributed by atoms with E-state index in [1.165, 1.54) is 32.8 Å². The Kier molecular flexibility index (Phi) is 5.82. The van der Waals surface area contributed by atoms with Crippen molar-refractivity contribution in [3.63, 3.8) is 0 Å². The SMILES string of the molecule is CC(CCN(C)C)N(Cc1ccc2ccccc2c1)c1cccc2ccccc12. The minimum Gasteiger partial charge on any atom is -0.364 e. The molecule has 4 aromatic rings. The molecule has 1 unspecified atom stereocenters. The van der Waals surface area contributed by atoms with Crippen molar-refractivity contribution in [3.05, 3.63) is 90.5 Å². The summed E-state index contributed by atoms with van der Waals surface area (Å²) in [4.78, 5) is 4.85. The summed E-state index contributed by atoms with van der Waals surface area (Å²) in [6.07, 6.45) is 1.13. The first-order valence-corrected chi connectivity index (χ1v) is 10.5. The van der Waals surface area contributed by atoms with E-state index >= 15 is 0 Å². The van der Waals surface area contributed by atoms with Crippen molar-refractivity contribution in [2.75, 3.05) is 25.5 Å². The van der Waals surface area contributed by atoms with Gasteiger partial charge in [0.05, 0.1) is 0 Å². The molecule has 0 fully saturated rings. The Labute approximate surface area is 174 Å². The van der Waals surface area contributed by atoms with Crippen LogP contribution in [0.15, 0.2) is 84.9 Å². The molecule has 1 atom stereocenters. The van der Waals surface area contributed by atoms with Gasteiger partial charge >= 0.3 is 0 Å². The van der Waals surface area contributed by atoms with E-state index < -0.39 is 0 Å². The van der Waals surface area contributed by atoms with Gasteiger partial charge < -0.3 is 9.80 Å². The topological polar surface area (TPSA) is 6.48 Å². The van der Waals surface area contributed by atoms with Crippen LogP contribution in [-0.2, 0) is 6.54 Å². The van der Waals surface area contributed by atoms with Gasteiger partial charge in [0.1, 0.15) is 0 Å². The first-order valence-electron chi connectivity index (χ1n) is 10.5. The maximum absolute atomic E-state index is 2.58. The lowest BCUT2D eigenvalue weighted by molar-refractivity contribution is 0.379. The summed E-state index contributed by atoms with van der Waals surface area (Å²) in [5, 5.41) is 5.23. The predicted octanol–water partition coefficient (Wildman–Crippen LogP) is 6.34. The quantitative estimate of drug-likeness (QED) is 0.368. The lowest BCUT2D eigenvalue weighted by atomic mass is 10.0. The van der Waals surface area contributed by atoms with E-state index in [0.717, 1.165) is 19.5 Å². The zero-order valence-electron chi connectivity index (χ0n) is 17.7. The maximum Gasteiger partial charge on any atom is 0.0451 e. The molecule has 4 aromatic carbocycles. The van der Waals surface area contributed by atoms with E-state index in [-0.39, 0.29) is 0 Å². The van der Waals surface area contributed by atoms with Crippen LogP contribution in [0.4, 0.5) is 5.69 Å². The highest BCUT2D eigenvalue weighted by Gasteiger charge is 2.18. The number of hydrogen-bond donors (Lipinski definition) is 0. The molecule has 0 aliphatic carbocycles. The number of anilines is 1. The Morgan fingerprint density at radius 3 is 2.21 bits per heavy atom. The molecule has 2 heteroatoms. The van der Waals surface area contributed by atoms with Crippen LogP contribution in [0, 0.1) is 0 Å². The molecule has 4 rings (SSSR count). The zero-order chi connectivity index (χ0) is 20.2. The van der Waals surface area contributed by atoms with Gasteiger partial charge in [-0.3, -0.25) is 0 Å². The zero-order valence-corrected chi connectivity index (χ0v) is 17.7. The van der Waals surface area contributed by atoms with E-state index in [1.54, 1.807) is 0 Å². The van der Waals surface area contributed by atoms with E-state index in [0.29, 0.717) is 6.04 Å². The van der Waals surface area contributed by atoms with Gasteiger partial charge in [0.25, 0.3) is 0 Å². The van der Waals surface area contributed by atoms with Gasteiger partial charge in [0.15, 0.2) is 0 Å². The molecular weight excluding hydrogens is 352 g/mol. The minimum absolute atomic E-state index is 0.440. The second-order valence-electron chi connectivity index (χ2n) is 8.25. The van der Waals surface area contributed by atoms with Gasteiger partial charge in [-0.25, -0.2) is 0 Å². The highest BCUT2D eigenvalue weighted by molar-refractivity contribution is 5.94. The van der Waals surface area contributed by atoms with Gasteiger partial charge in [-0.2, -0.15) is 0 Å². The largest absolute Gasteiger partial charge is 0.364 e.